The quantitative estimate of drug-likeness (QED) is 0.0890. The molecule has 1 aliphatic carbocycles. The fourth-order valence-corrected chi connectivity index (χ4v) is 11.4. The van der Waals surface area contributed by atoms with E-state index < -0.39 is 22.8 Å². The van der Waals surface area contributed by atoms with Crippen molar-refractivity contribution in [1.29, 1.82) is 0 Å². The van der Waals surface area contributed by atoms with Crippen LogP contribution in [0.2, 0.25) is 0 Å². The van der Waals surface area contributed by atoms with E-state index in [1.54, 1.807) is 0 Å². The summed E-state index contributed by atoms with van der Waals surface area (Å²) in [7, 11) is 0. The van der Waals surface area contributed by atoms with Gasteiger partial charge in [-0.2, -0.15) is 4.58 Å². The van der Waals surface area contributed by atoms with Crippen LogP contribution in [-0.2, 0) is 33.3 Å². The molecule has 0 spiro atoms. The van der Waals surface area contributed by atoms with E-state index in [2.05, 4.69) is 183 Å². The number of halogens is 2. The highest BCUT2D eigenvalue weighted by molar-refractivity contribution is 6.32. The van der Waals surface area contributed by atoms with Crippen molar-refractivity contribution in [2.75, 3.05) is 18.0 Å². The average molecular weight is 1010 g/mol. The van der Waals surface area contributed by atoms with Crippen LogP contribution < -0.4 is 28.9 Å². The van der Waals surface area contributed by atoms with Crippen LogP contribution in [0.1, 0.15) is 75.6 Å². The zero-order chi connectivity index (χ0) is 45.5. The molecule has 9 rings (SSSR count). The molecule has 0 radical (unpaired) electrons. The first kappa shape index (κ1) is 46.7. The molecular weight excluding hydrogens is 951 g/mol. The standard InChI is InChI=1S/C58H55ClN2O4.HI/c1-56(2)37-43(25-29-49-57(3,35-39-15-7-5-8-16-39)53-45-21-13-11-19-41(45)23-27-47(53)60(49)33-31-51(62)63)55(59)44(38-56)26-30-50-58(4,36-40-17-9-6-10-18-40)54-46-22-14-12-20-42(46)24-28-48(54)61(50)34-32-52(64)65;/h5-30H,31-38H2,1-4H3,(H-,62,63,64,65);1H. The van der Waals surface area contributed by atoms with Gasteiger partial charge in [0.1, 0.15) is 6.42 Å². The van der Waals surface area contributed by atoms with Crippen molar-refractivity contribution in [1.82, 2.24) is 0 Å². The van der Waals surface area contributed by atoms with Gasteiger partial charge in [0, 0.05) is 46.1 Å². The Labute approximate surface area is 410 Å². The summed E-state index contributed by atoms with van der Waals surface area (Å²) in [5.41, 5.74) is 9.93. The van der Waals surface area contributed by atoms with E-state index in [0.717, 1.165) is 70.4 Å². The molecule has 0 amide bonds. The van der Waals surface area contributed by atoms with Crippen LogP contribution in [0.3, 0.4) is 0 Å². The number of hydrogen-bond acceptors (Lipinski definition) is 3. The van der Waals surface area contributed by atoms with Crippen LogP contribution in [0.25, 0.3) is 21.5 Å². The first-order valence-corrected chi connectivity index (χ1v) is 23.1. The molecule has 0 aromatic heterocycles. The van der Waals surface area contributed by atoms with Gasteiger partial charge >= 0.3 is 11.9 Å². The van der Waals surface area contributed by atoms with Gasteiger partial charge in [-0.15, -0.1) is 0 Å². The molecule has 3 aliphatic rings. The van der Waals surface area contributed by atoms with E-state index in [-0.39, 0.29) is 42.2 Å². The Morgan fingerprint density at radius 1 is 0.652 bits per heavy atom. The monoisotopic (exact) mass is 1010 g/mol. The van der Waals surface area contributed by atoms with Gasteiger partial charge in [-0.05, 0) is 113 Å². The summed E-state index contributed by atoms with van der Waals surface area (Å²) in [6.07, 6.45) is 11.7. The smallest absolute Gasteiger partial charge is 0.309 e. The topological polar surface area (TPSA) is 80.9 Å². The van der Waals surface area contributed by atoms with Crippen molar-refractivity contribution in [2.45, 2.75) is 77.0 Å². The second kappa shape index (κ2) is 18.8. The SMILES string of the molecule is CC1(C)CC(/C=C/C2=[N+](CCC(=O)O)c3ccc4ccccc4c3C2(C)Cc2ccccc2)=C(Cl)C(=C/C=C2/N(CCC(=O)O)c3ccc4ccccc4c3C2(C)Cc2ccccc2)/C1.[I-]. The average Bonchev–Trinajstić information content (AvgIpc) is 3.67. The normalized spacial score (nSPS) is 21.3. The summed E-state index contributed by atoms with van der Waals surface area (Å²) in [5.74, 6) is -1.67. The van der Waals surface area contributed by atoms with Crippen molar-refractivity contribution in [3.8, 4) is 0 Å². The Morgan fingerprint density at radius 3 is 1.83 bits per heavy atom. The van der Waals surface area contributed by atoms with Crippen molar-refractivity contribution in [2.24, 2.45) is 5.41 Å². The molecule has 336 valence electrons. The molecule has 0 saturated carbocycles. The molecule has 0 fully saturated rings. The van der Waals surface area contributed by atoms with Gasteiger partial charge in [0.15, 0.2) is 12.3 Å². The predicted octanol–water partition coefficient (Wildman–Crippen LogP) is 10.2. The van der Waals surface area contributed by atoms with E-state index in [9.17, 15) is 19.8 Å². The number of anilines is 1. The van der Waals surface area contributed by atoms with Crippen molar-refractivity contribution in [3.05, 3.63) is 202 Å². The number of nitrogens with zero attached hydrogens (tertiary/aromatic N) is 2. The highest BCUT2D eigenvalue weighted by Crippen LogP contribution is 2.53. The third-order valence-electron chi connectivity index (χ3n) is 13.9. The Kier molecular flexibility index (Phi) is 13.3. The van der Waals surface area contributed by atoms with E-state index in [1.165, 1.54) is 33.0 Å². The summed E-state index contributed by atoms with van der Waals surface area (Å²) in [4.78, 5) is 26.6. The van der Waals surface area contributed by atoms with Gasteiger partial charge < -0.3 is 39.1 Å². The van der Waals surface area contributed by atoms with Crippen LogP contribution in [0.15, 0.2) is 180 Å². The molecule has 2 heterocycles. The van der Waals surface area contributed by atoms with Crippen molar-refractivity contribution in [3.63, 3.8) is 0 Å². The molecular formula is C58H56ClIN2O4. The maximum absolute atomic E-state index is 12.2. The van der Waals surface area contributed by atoms with E-state index in [0.29, 0.717) is 18.1 Å². The van der Waals surface area contributed by atoms with Crippen LogP contribution in [-0.4, -0.2) is 45.5 Å². The highest BCUT2D eigenvalue weighted by atomic mass is 127. The summed E-state index contributed by atoms with van der Waals surface area (Å²) < 4.78 is 2.22. The van der Waals surface area contributed by atoms with Crippen LogP contribution in [0.5, 0.6) is 0 Å². The summed E-state index contributed by atoms with van der Waals surface area (Å²) in [5, 5.41) is 25.3. The second-order valence-electron chi connectivity index (χ2n) is 19.3. The number of carboxylic acid groups (broad SMARTS) is 2. The Hall–Kier alpha value is -5.77. The van der Waals surface area contributed by atoms with E-state index in [1.807, 2.05) is 12.1 Å². The molecule has 0 bridgehead atoms. The van der Waals surface area contributed by atoms with Crippen molar-refractivity contribution < 1.29 is 48.4 Å². The Morgan fingerprint density at radius 2 is 1.21 bits per heavy atom. The van der Waals surface area contributed by atoms with Crippen LogP contribution >= 0.6 is 11.6 Å². The molecule has 2 unspecified atom stereocenters. The fraction of sp³-hybridized carbons (Fsp3) is 0.259. The van der Waals surface area contributed by atoms with Crippen LogP contribution in [0, 0.1) is 5.41 Å². The van der Waals surface area contributed by atoms with Gasteiger partial charge in [0.25, 0.3) is 0 Å². The minimum absolute atomic E-state index is 0. The van der Waals surface area contributed by atoms with Gasteiger partial charge in [0.2, 0.25) is 5.69 Å². The summed E-state index contributed by atoms with van der Waals surface area (Å²) in [6.45, 7) is 9.83. The maximum Gasteiger partial charge on any atom is 0.309 e. The number of rotatable bonds is 13. The number of hydrogen-bond donors (Lipinski definition) is 2. The van der Waals surface area contributed by atoms with E-state index >= 15 is 0 Å². The number of carboxylic acids is 2. The molecule has 8 heteroatoms. The van der Waals surface area contributed by atoms with E-state index in [4.69, 9.17) is 11.6 Å². The third kappa shape index (κ3) is 8.92. The highest BCUT2D eigenvalue weighted by Gasteiger charge is 2.49. The summed E-state index contributed by atoms with van der Waals surface area (Å²) in [6, 6.07) is 46.7. The third-order valence-corrected chi connectivity index (χ3v) is 14.4. The number of fused-ring (bicyclic) bond motifs is 6. The molecule has 6 nitrogen and oxygen atoms in total. The van der Waals surface area contributed by atoms with Gasteiger partial charge in [-0.25, -0.2) is 0 Å². The number of carbonyl (C=O) groups is 2. The molecule has 6 aromatic rings. The molecule has 2 aliphatic heterocycles. The van der Waals surface area contributed by atoms with Gasteiger partial charge in [-0.3, -0.25) is 9.59 Å². The zero-order valence-electron chi connectivity index (χ0n) is 38.0. The molecule has 0 saturated heterocycles. The molecule has 66 heavy (non-hydrogen) atoms. The minimum Gasteiger partial charge on any atom is -1.00 e. The summed E-state index contributed by atoms with van der Waals surface area (Å²) >= 11 is 7.60. The lowest BCUT2D eigenvalue weighted by Gasteiger charge is -2.33. The molecule has 6 aromatic carbocycles. The maximum atomic E-state index is 12.2. The predicted molar refractivity (Wildman–Crippen MR) is 266 cm³/mol. The Balaban J connectivity index is 0.00000592. The van der Waals surface area contributed by atoms with Gasteiger partial charge in [0.05, 0.1) is 11.8 Å². The first-order valence-electron chi connectivity index (χ1n) is 22.7. The largest absolute Gasteiger partial charge is 1.00 e. The number of aliphatic carboxylic acids is 2. The zero-order valence-corrected chi connectivity index (χ0v) is 40.9. The minimum atomic E-state index is -0.837. The lowest BCUT2D eigenvalue weighted by atomic mass is 9.72. The number of benzene rings is 6. The van der Waals surface area contributed by atoms with Crippen molar-refractivity contribution >= 4 is 62.2 Å². The first-order chi connectivity index (χ1) is 31.3. The lowest BCUT2D eigenvalue weighted by molar-refractivity contribution is -0.436. The molecule has 2 N–H and O–H groups in total. The second-order valence-corrected chi connectivity index (χ2v) is 19.6. The molecule has 2 atom stereocenters. The number of allylic oxidation sites excluding steroid dienone is 8. The fourth-order valence-electron chi connectivity index (χ4n) is 11.1. The Bertz CT molecular complexity index is 3020. The lowest BCUT2D eigenvalue weighted by Crippen LogP contribution is -3.00. The van der Waals surface area contributed by atoms with Crippen LogP contribution in [0.4, 0.5) is 11.4 Å². The van der Waals surface area contributed by atoms with Gasteiger partial charge in [-0.1, -0.05) is 153 Å².